The SMILES string of the molecule is CCOC(C)n1cc(-c2ncn3nc(Nc4ccc(S(=O)(=O)c5cccc(C=O)c5)cc4F)nc3c2OC(C)C)cn1. The molecule has 0 bridgehead atoms. The Morgan fingerprint density at radius 2 is 1.90 bits per heavy atom. The molecule has 0 aliphatic rings. The first-order valence-electron chi connectivity index (χ1n) is 13.1. The Bertz CT molecular complexity index is 1870. The molecule has 0 saturated carbocycles. The zero-order valence-corrected chi connectivity index (χ0v) is 24.0. The van der Waals surface area contributed by atoms with Gasteiger partial charge in [0, 0.05) is 23.9 Å². The number of fused-ring (bicyclic) bond motifs is 1. The molecule has 1 N–H and O–H groups in total. The van der Waals surface area contributed by atoms with Gasteiger partial charge in [-0.1, -0.05) is 12.1 Å². The molecule has 1 unspecified atom stereocenters. The fraction of sp³-hybridized carbons (Fsp3) is 0.250. The van der Waals surface area contributed by atoms with Gasteiger partial charge in [0.25, 0.3) is 0 Å². The van der Waals surface area contributed by atoms with E-state index in [9.17, 15) is 13.2 Å². The molecule has 0 fully saturated rings. The number of aldehydes is 1. The lowest BCUT2D eigenvalue weighted by atomic mass is 10.2. The molecule has 3 heterocycles. The normalized spacial score (nSPS) is 12.5. The van der Waals surface area contributed by atoms with Crippen LogP contribution >= 0.6 is 0 Å². The predicted molar refractivity (Wildman–Crippen MR) is 151 cm³/mol. The summed E-state index contributed by atoms with van der Waals surface area (Å²) in [6.07, 6.45) is 4.95. The summed E-state index contributed by atoms with van der Waals surface area (Å²) in [6, 6.07) is 8.94. The molecule has 2 aromatic carbocycles. The van der Waals surface area contributed by atoms with Gasteiger partial charge in [-0.25, -0.2) is 22.5 Å². The van der Waals surface area contributed by atoms with Crippen LogP contribution in [0.5, 0.6) is 5.75 Å². The maximum atomic E-state index is 15.1. The summed E-state index contributed by atoms with van der Waals surface area (Å²) < 4.78 is 55.9. The fourth-order valence-corrected chi connectivity index (χ4v) is 5.52. The highest BCUT2D eigenvalue weighted by molar-refractivity contribution is 7.91. The van der Waals surface area contributed by atoms with Gasteiger partial charge in [-0.2, -0.15) is 14.6 Å². The standard InChI is InChI=1S/C28H28FN7O5S/c1-5-40-18(4)35-14-20(13-31-35)25-26(41-17(2)3)27-33-28(34-36(27)16-30-25)32-24-10-9-22(12-23(24)29)42(38,39)21-8-6-7-19(11-21)15-37/h6-18H,5H2,1-4H3,(H,32,34). The summed E-state index contributed by atoms with van der Waals surface area (Å²) in [7, 11) is -4.06. The number of ether oxygens (including phenoxy) is 2. The van der Waals surface area contributed by atoms with Crippen LogP contribution in [-0.4, -0.2) is 56.8 Å². The summed E-state index contributed by atoms with van der Waals surface area (Å²) in [5.41, 5.74) is 1.65. The van der Waals surface area contributed by atoms with Crippen molar-refractivity contribution in [2.75, 3.05) is 11.9 Å². The van der Waals surface area contributed by atoms with Gasteiger partial charge < -0.3 is 14.8 Å². The van der Waals surface area contributed by atoms with E-state index in [4.69, 9.17) is 9.47 Å². The molecule has 14 heteroatoms. The van der Waals surface area contributed by atoms with Gasteiger partial charge in [0.1, 0.15) is 30.4 Å². The molecule has 0 aliphatic carbocycles. The van der Waals surface area contributed by atoms with E-state index in [0.717, 1.165) is 6.07 Å². The minimum atomic E-state index is -4.06. The van der Waals surface area contributed by atoms with Gasteiger partial charge in [0.2, 0.25) is 21.4 Å². The molecule has 42 heavy (non-hydrogen) atoms. The zero-order valence-electron chi connectivity index (χ0n) is 23.2. The van der Waals surface area contributed by atoms with E-state index < -0.39 is 15.7 Å². The van der Waals surface area contributed by atoms with Crippen LogP contribution in [0, 0.1) is 5.82 Å². The summed E-state index contributed by atoms with van der Waals surface area (Å²) in [5.74, 6) is -0.442. The lowest BCUT2D eigenvalue weighted by Gasteiger charge is -2.13. The molecule has 5 rings (SSSR count). The maximum absolute atomic E-state index is 15.1. The average molecular weight is 594 g/mol. The number of nitrogens with one attached hydrogen (secondary N) is 1. The number of carbonyl (C=O) groups is 1. The van der Waals surface area contributed by atoms with Gasteiger partial charge in [-0.05, 0) is 58.0 Å². The minimum Gasteiger partial charge on any atom is -0.485 e. The lowest BCUT2D eigenvalue weighted by molar-refractivity contribution is 0.0160. The zero-order chi connectivity index (χ0) is 30.0. The average Bonchev–Trinajstić information content (AvgIpc) is 3.62. The van der Waals surface area contributed by atoms with Crippen molar-refractivity contribution in [3.8, 4) is 17.0 Å². The van der Waals surface area contributed by atoms with Gasteiger partial charge in [0.05, 0.1) is 27.8 Å². The van der Waals surface area contributed by atoms with Crippen molar-refractivity contribution >= 4 is 33.4 Å². The first-order chi connectivity index (χ1) is 20.1. The summed E-state index contributed by atoms with van der Waals surface area (Å²) in [5, 5.41) is 11.5. The molecule has 1 atom stereocenters. The number of sulfone groups is 1. The van der Waals surface area contributed by atoms with E-state index in [1.54, 1.807) is 17.1 Å². The molecule has 12 nitrogen and oxygen atoms in total. The van der Waals surface area contributed by atoms with Gasteiger partial charge >= 0.3 is 0 Å². The number of anilines is 2. The maximum Gasteiger partial charge on any atom is 0.247 e. The van der Waals surface area contributed by atoms with Gasteiger partial charge in [-0.3, -0.25) is 4.79 Å². The van der Waals surface area contributed by atoms with E-state index >= 15 is 4.39 Å². The minimum absolute atomic E-state index is 0.0383. The van der Waals surface area contributed by atoms with Crippen molar-refractivity contribution < 1.29 is 27.1 Å². The first-order valence-corrected chi connectivity index (χ1v) is 14.5. The third-order valence-electron chi connectivity index (χ3n) is 6.16. The van der Waals surface area contributed by atoms with E-state index in [2.05, 4.69) is 25.5 Å². The Labute approximate surface area is 241 Å². The molecule has 0 radical (unpaired) electrons. The topological polar surface area (TPSA) is 143 Å². The number of carbonyl (C=O) groups excluding carboxylic acids is 1. The van der Waals surface area contributed by atoms with Gasteiger partial charge in [-0.15, -0.1) is 5.10 Å². The van der Waals surface area contributed by atoms with Gasteiger partial charge in [0.15, 0.2) is 5.75 Å². The summed E-state index contributed by atoms with van der Waals surface area (Å²) in [6.45, 7) is 8.05. The van der Waals surface area contributed by atoms with Crippen molar-refractivity contribution in [2.24, 2.45) is 0 Å². The summed E-state index contributed by atoms with van der Waals surface area (Å²) >= 11 is 0. The number of rotatable bonds is 11. The monoisotopic (exact) mass is 593 g/mol. The number of nitrogens with zero attached hydrogens (tertiary/aromatic N) is 6. The van der Waals surface area contributed by atoms with Crippen molar-refractivity contribution in [3.63, 3.8) is 0 Å². The summed E-state index contributed by atoms with van der Waals surface area (Å²) in [4.78, 5) is 19.7. The second-order valence-electron chi connectivity index (χ2n) is 9.52. The highest BCUT2D eigenvalue weighted by Gasteiger charge is 2.22. The number of halogens is 1. The molecular formula is C28H28FN7O5S. The number of aromatic nitrogens is 6. The van der Waals surface area contributed by atoms with E-state index in [0.29, 0.717) is 35.5 Å². The van der Waals surface area contributed by atoms with Crippen LogP contribution in [0.15, 0.2) is 71.0 Å². The molecule has 0 amide bonds. The number of hydrogen-bond acceptors (Lipinski definition) is 10. The van der Waals surface area contributed by atoms with Crippen LogP contribution in [0.2, 0.25) is 0 Å². The van der Waals surface area contributed by atoms with Crippen molar-refractivity contribution in [1.29, 1.82) is 0 Å². The van der Waals surface area contributed by atoms with E-state index in [-0.39, 0.29) is 39.3 Å². The molecule has 3 aromatic heterocycles. The van der Waals surface area contributed by atoms with Crippen LogP contribution in [0.3, 0.4) is 0 Å². The Balaban J connectivity index is 1.47. The van der Waals surface area contributed by atoms with Crippen LogP contribution in [0.25, 0.3) is 16.9 Å². The second kappa shape index (κ2) is 11.7. The highest BCUT2D eigenvalue weighted by Crippen LogP contribution is 2.33. The van der Waals surface area contributed by atoms with E-state index in [1.807, 2.05) is 27.7 Å². The van der Waals surface area contributed by atoms with Crippen molar-refractivity contribution in [1.82, 2.24) is 29.4 Å². The number of hydrogen-bond donors (Lipinski definition) is 1. The predicted octanol–water partition coefficient (Wildman–Crippen LogP) is 4.86. The van der Waals surface area contributed by atoms with Crippen molar-refractivity contribution in [3.05, 3.63) is 72.6 Å². The molecule has 218 valence electrons. The Morgan fingerprint density at radius 1 is 1.12 bits per heavy atom. The Kier molecular flexibility index (Phi) is 8.00. The number of benzene rings is 2. The lowest BCUT2D eigenvalue weighted by Crippen LogP contribution is -2.10. The molecule has 5 aromatic rings. The Morgan fingerprint density at radius 3 is 2.62 bits per heavy atom. The van der Waals surface area contributed by atoms with E-state index in [1.165, 1.54) is 47.2 Å². The third-order valence-corrected chi connectivity index (χ3v) is 7.91. The molecule has 0 saturated heterocycles. The van der Waals surface area contributed by atoms with Crippen LogP contribution in [-0.2, 0) is 14.6 Å². The van der Waals surface area contributed by atoms with Crippen LogP contribution < -0.4 is 10.1 Å². The highest BCUT2D eigenvalue weighted by atomic mass is 32.2. The third kappa shape index (κ3) is 5.71. The molecular weight excluding hydrogens is 565 g/mol. The van der Waals surface area contributed by atoms with Crippen LogP contribution in [0.4, 0.5) is 16.0 Å². The second-order valence-corrected chi connectivity index (χ2v) is 11.5. The smallest absolute Gasteiger partial charge is 0.247 e. The molecule has 0 aliphatic heterocycles. The Hall–Kier alpha value is -4.69. The van der Waals surface area contributed by atoms with Crippen molar-refractivity contribution in [2.45, 2.75) is 49.8 Å². The largest absolute Gasteiger partial charge is 0.485 e. The van der Waals surface area contributed by atoms with Crippen LogP contribution in [0.1, 0.15) is 44.3 Å². The quantitative estimate of drug-likeness (QED) is 0.211. The molecule has 0 spiro atoms. The fourth-order valence-electron chi connectivity index (χ4n) is 4.19. The first kappa shape index (κ1) is 28.8.